The number of halogens is 4. The standard InChI is InChI=1S/C15H10F3IN2O2/c16-10-4-5-11(14(18)13(10)17)21-12(22)7-20-15(23)8-2-1-3-9(19)6-8/h1-6H,7H2,(H,20,23)(H,21,22). The van der Waals surface area contributed by atoms with Crippen LogP contribution in [0, 0.1) is 21.0 Å². The molecule has 2 rings (SSSR count). The van der Waals surface area contributed by atoms with Gasteiger partial charge < -0.3 is 10.6 Å². The summed E-state index contributed by atoms with van der Waals surface area (Å²) in [6.45, 7) is -0.442. The Labute approximate surface area is 143 Å². The minimum absolute atomic E-state index is 0.365. The highest BCUT2D eigenvalue weighted by Crippen LogP contribution is 2.19. The van der Waals surface area contributed by atoms with Gasteiger partial charge in [0.05, 0.1) is 12.2 Å². The van der Waals surface area contributed by atoms with Crippen molar-refractivity contribution in [1.82, 2.24) is 5.32 Å². The summed E-state index contributed by atoms with van der Waals surface area (Å²) >= 11 is 2.04. The van der Waals surface area contributed by atoms with E-state index in [1.807, 2.05) is 22.6 Å². The second-order valence-electron chi connectivity index (χ2n) is 4.46. The fraction of sp³-hybridized carbons (Fsp3) is 0.0667. The molecule has 0 saturated heterocycles. The zero-order valence-corrected chi connectivity index (χ0v) is 13.7. The number of carbonyl (C=O) groups excluding carboxylic acids is 2. The first-order chi connectivity index (χ1) is 10.9. The van der Waals surface area contributed by atoms with Crippen LogP contribution >= 0.6 is 22.6 Å². The molecule has 0 aliphatic carbocycles. The van der Waals surface area contributed by atoms with Crippen molar-refractivity contribution in [2.24, 2.45) is 0 Å². The quantitative estimate of drug-likeness (QED) is 0.575. The third-order valence-corrected chi connectivity index (χ3v) is 3.48. The van der Waals surface area contributed by atoms with E-state index in [2.05, 4.69) is 10.6 Å². The second kappa shape index (κ2) is 7.44. The highest BCUT2D eigenvalue weighted by Gasteiger charge is 2.15. The summed E-state index contributed by atoms with van der Waals surface area (Å²) in [7, 11) is 0. The van der Waals surface area contributed by atoms with E-state index in [9.17, 15) is 22.8 Å². The molecule has 0 aromatic heterocycles. The Hall–Kier alpha value is -2.10. The van der Waals surface area contributed by atoms with Crippen LogP contribution in [0.5, 0.6) is 0 Å². The van der Waals surface area contributed by atoms with Gasteiger partial charge in [-0.15, -0.1) is 0 Å². The van der Waals surface area contributed by atoms with E-state index in [-0.39, 0.29) is 0 Å². The summed E-state index contributed by atoms with van der Waals surface area (Å²) < 4.78 is 40.1. The fourth-order valence-corrected chi connectivity index (χ4v) is 2.25. The molecule has 120 valence electrons. The number of hydrogen-bond acceptors (Lipinski definition) is 2. The number of hydrogen-bond donors (Lipinski definition) is 2. The molecule has 2 aromatic rings. The highest BCUT2D eigenvalue weighted by atomic mass is 127. The van der Waals surface area contributed by atoms with Gasteiger partial charge in [-0.2, -0.15) is 0 Å². The van der Waals surface area contributed by atoms with Crippen LogP contribution in [0.25, 0.3) is 0 Å². The average molecular weight is 434 g/mol. The van der Waals surface area contributed by atoms with Crippen molar-refractivity contribution in [3.8, 4) is 0 Å². The molecule has 2 aromatic carbocycles. The van der Waals surface area contributed by atoms with Crippen molar-refractivity contribution in [2.45, 2.75) is 0 Å². The molecule has 4 nitrogen and oxygen atoms in total. The van der Waals surface area contributed by atoms with Crippen molar-refractivity contribution >= 4 is 40.1 Å². The molecule has 2 amide bonds. The number of amides is 2. The van der Waals surface area contributed by atoms with Crippen molar-refractivity contribution in [3.05, 3.63) is 63.0 Å². The summed E-state index contributed by atoms with van der Waals surface area (Å²) in [5.74, 6) is -5.78. The number of nitrogens with one attached hydrogen (secondary N) is 2. The lowest BCUT2D eigenvalue weighted by Gasteiger charge is -2.08. The predicted molar refractivity (Wildman–Crippen MR) is 86.4 cm³/mol. The third kappa shape index (κ3) is 4.44. The van der Waals surface area contributed by atoms with Crippen LogP contribution in [0.2, 0.25) is 0 Å². The van der Waals surface area contributed by atoms with E-state index >= 15 is 0 Å². The van der Waals surface area contributed by atoms with Gasteiger partial charge in [0.25, 0.3) is 5.91 Å². The maximum atomic E-state index is 13.4. The lowest BCUT2D eigenvalue weighted by Crippen LogP contribution is -2.33. The summed E-state index contributed by atoms with van der Waals surface area (Å²) in [6.07, 6.45) is 0. The van der Waals surface area contributed by atoms with Gasteiger partial charge in [0.1, 0.15) is 0 Å². The van der Waals surface area contributed by atoms with E-state index in [1.165, 1.54) is 0 Å². The summed E-state index contributed by atoms with van der Waals surface area (Å²) in [5, 5.41) is 4.41. The van der Waals surface area contributed by atoms with Crippen molar-refractivity contribution in [1.29, 1.82) is 0 Å². The van der Waals surface area contributed by atoms with Crippen molar-refractivity contribution in [2.75, 3.05) is 11.9 Å². The average Bonchev–Trinajstić information content (AvgIpc) is 2.53. The zero-order chi connectivity index (χ0) is 17.0. The van der Waals surface area contributed by atoms with Crippen molar-refractivity contribution < 1.29 is 22.8 Å². The van der Waals surface area contributed by atoms with Crippen LogP contribution in [0.3, 0.4) is 0 Å². The molecule has 0 saturated carbocycles. The van der Waals surface area contributed by atoms with Crippen LogP contribution in [0.15, 0.2) is 36.4 Å². The molecule has 8 heteroatoms. The molecule has 0 atom stereocenters. The molecule has 23 heavy (non-hydrogen) atoms. The van der Waals surface area contributed by atoms with Gasteiger partial charge in [0.15, 0.2) is 17.5 Å². The highest BCUT2D eigenvalue weighted by molar-refractivity contribution is 14.1. The maximum absolute atomic E-state index is 13.4. The maximum Gasteiger partial charge on any atom is 0.251 e. The van der Waals surface area contributed by atoms with E-state index in [1.54, 1.807) is 24.3 Å². The van der Waals surface area contributed by atoms with Gasteiger partial charge in [-0.05, 0) is 52.9 Å². The lowest BCUT2D eigenvalue weighted by molar-refractivity contribution is -0.115. The summed E-state index contributed by atoms with van der Waals surface area (Å²) in [6, 6.07) is 8.28. The fourth-order valence-electron chi connectivity index (χ4n) is 1.71. The molecule has 0 radical (unpaired) electrons. The first-order valence-electron chi connectivity index (χ1n) is 6.35. The van der Waals surface area contributed by atoms with Gasteiger partial charge in [-0.3, -0.25) is 9.59 Å². The Morgan fingerprint density at radius 2 is 1.78 bits per heavy atom. The molecule has 0 fully saturated rings. The predicted octanol–water partition coefficient (Wildman–Crippen LogP) is 3.08. The molecule has 0 spiro atoms. The molecule has 0 aliphatic heterocycles. The molecule has 0 unspecified atom stereocenters. The molecule has 2 N–H and O–H groups in total. The van der Waals surface area contributed by atoms with Crippen LogP contribution in [0.4, 0.5) is 18.9 Å². The Morgan fingerprint density at radius 1 is 1.04 bits per heavy atom. The second-order valence-corrected chi connectivity index (χ2v) is 5.71. The van der Waals surface area contributed by atoms with Crippen LogP contribution in [-0.2, 0) is 4.79 Å². The van der Waals surface area contributed by atoms with E-state index in [0.717, 1.165) is 9.64 Å². The Balaban J connectivity index is 1.95. The summed E-state index contributed by atoms with van der Waals surface area (Å²) in [5.41, 5.74) is -0.138. The summed E-state index contributed by atoms with van der Waals surface area (Å²) in [4.78, 5) is 23.5. The Morgan fingerprint density at radius 3 is 2.48 bits per heavy atom. The lowest BCUT2D eigenvalue weighted by atomic mass is 10.2. The number of benzene rings is 2. The van der Waals surface area contributed by atoms with Crippen LogP contribution < -0.4 is 10.6 Å². The van der Waals surface area contributed by atoms with Crippen LogP contribution in [0.1, 0.15) is 10.4 Å². The number of carbonyl (C=O) groups is 2. The van der Waals surface area contributed by atoms with E-state index in [4.69, 9.17) is 0 Å². The smallest absolute Gasteiger partial charge is 0.251 e. The number of anilines is 1. The minimum Gasteiger partial charge on any atom is -0.343 e. The molecular weight excluding hydrogens is 424 g/mol. The zero-order valence-electron chi connectivity index (χ0n) is 11.5. The topological polar surface area (TPSA) is 58.2 Å². The first-order valence-corrected chi connectivity index (χ1v) is 7.43. The van der Waals surface area contributed by atoms with Crippen LogP contribution in [-0.4, -0.2) is 18.4 Å². The first kappa shape index (κ1) is 17.3. The number of rotatable bonds is 4. The van der Waals surface area contributed by atoms with Gasteiger partial charge >= 0.3 is 0 Å². The van der Waals surface area contributed by atoms with Gasteiger partial charge in [0.2, 0.25) is 5.91 Å². The molecular formula is C15H10F3IN2O2. The largest absolute Gasteiger partial charge is 0.343 e. The third-order valence-electron chi connectivity index (χ3n) is 2.81. The van der Waals surface area contributed by atoms with Gasteiger partial charge in [-0.1, -0.05) is 6.07 Å². The minimum atomic E-state index is -1.68. The van der Waals surface area contributed by atoms with Crippen molar-refractivity contribution in [3.63, 3.8) is 0 Å². The molecule has 0 aliphatic rings. The molecule has 0 bridgehead atoms. The SMILES string of the molecule is O=C(CNC(=O)c1cccc(I)c1)Nc1ccc(F)c(F)c1F. The monoisotopic (exact) mass is 434 g/mol. The van der Waals surface area contributed by atoms with Gasteiger partial charge in [-0.25, -0.2) is 13.2 Å². The normalized spacial score (nSPS) is 10.3. The van der Waals surface area contributed by atoms with E-state index < -0.39 is 41.5 Å². The molecule has 0 heterocycles. The Bertz CT molecular complexity index is 768. The van der Waals surface area contributed by atoms with Gasteiger partial charge in [0, 0.05) is 9.13 Å². The van der Waals surface area contributed by atoms with E-state index in [0.29, 0.717) is 11.6 Å². The Kier molecular flexibility index (Phi) is 5.59.